The number of hydrogen-bond acceptors (Lipinski definition) is 2. The third-order valence-electron chi connectivity index (χ3n) is 5.88. The lowest BCUT2D eigenvalue weighted by Crippen LogP contribution is -2.37. The molecule has 1 aliphatic rings. The number of carbonyl (C=O) groups is 1. The highest BCUT2D eigenvalue weighted by molar-refractivity contribution is 5.97. The molecule has 152 valence electrons. The molecule has 0 unspecified atom stereocenters. The van der Waals surface area contributed by atoms with Crippen LogP contribution in [0.2, 0.25) is 0 Å². The summed E-state index contributed by atoms with van der Waals surface area (Å²) in [5, 5.41) is 4.20. The smallest absolute Gasteiger partial charge is 0.321 e. The molecule has 2 amide bonds. The van der Waals surface area contributed by atoms with Crippen LogP contribution in [0, 0.1) is 0 Å². The van der Waals surface area contributed by atoms with E-state index in [0.29, 0.717) is 6.04 Å². The Hall–Kier alpha value is -2.27. The Morgan fingerprint density at radius 1 is 1.29 bits per heavy atom. The summed E-state index contributed by atoms with van der Waals surface area (Å²) in [5.74, 6) is 0. The van der Waals surface area contributed by atoms with E-state index in [0.717, 1.165) is 43.7 Å². The fraction of sp³-hybridized carbons (Fsp3) is 0.522. The van der Waals surface area contributed by atoms with E-state index < -0.39 is 0 Å². The van der Waals surface area contributed by atoms with Gasteiger partial charge in [0.15, 0.2) is 0 Å². The summed E-state index contributed by atoms with van der Waals surface area (Å²) in [7, 11) is 1.83. The van der Waals surface area contributed by atoms with Gasteiger partial charge in [-0.2, -0.15) is 0 Å². The summed E-state index contributed by atoms with van der Waals surface area (Å²) < 4.78 is 0. The van der Waals surface area contributed by atoms with Crippen LogP contribution in [0.5, 0.6) is 0 Å². The summed E-state index contributed by atoms with van der Waals surface area (Å²) in [6, 6.07) is 6.73. The average molecular weight is 383 g/mol. The molecule has 0 saturated heterocycles. The van der Waals surface area contributed by atoms with Crippen LogP contribution in [0.4, 0.5) is 10.5 Å². The molecule has 5 heteroatoms. The molecular formula is C23H34N4O. The van der Waals surface area contributed by atoms with Gasteiger partial charge in [-0.3, -0.25) is 4.90 Å². The minimum Gasteiger partial charge on any atom is -0.361 e. The van der Waals surface area contributed by atoms with E-state index in [1.54, 1.807) is 4.90 Å². The lowest BCUT2D eigenvalue weighted by Gasteiger charge is -2.33. The molecule has 1 aliphatic heterocycles. The zero-order chi connectivity index (χ0) is 20.1. The van der Waals surface area contributed by atoms with Gasteiger partial charge in [-0.25, -0.2) is 4.79 Å². The number of benzene rings is 1. The second-order valence-electron chi connectivity index (χ2n) is 7.76. The van der Waals surface area contributed by atoms with Gasteiger partial charge < -0.3 is 15.2 Å². The normalized spacial score (nSPS) is 15.1. The van der Waals surface area contributed by atoms with Crippen molar-refractivity contribution < 1.29 is 4.79 Å². The number of anilines is 1. The van der Waals surface area contributed by atoms with Crippen LogP contribution in [0.3, 0.4) is 0 Å². The number of fused-ring (bicyclic) bond motifs is 1. The number of aromatic amines is 1. The Labute approximate surface area is 168 Å². The number of H-pyrrole nitrogens is 1. The van der Waals surface area contributed by atoms with E-state index in [2.05, 4.69) is 54.3 Å². The lowest BCUT2D eigenvalue weighted by atomic mass is 9.97. The third kappa shape index (κ3) is 4.41. The van der Waals surface area contributed by atoms with Crippen molar-refractivity contribution in [2.75, 3.05) is 32.0 Å². The van der Waals surface area contributed by atoms with E-state index in [-0.39, 0.29) is 6.03 Å². The van der Waals surface area contributed by atoms with Crippen molar-refractivity contribution in [3.63, 3.8) is 0 Å². The molecule has 1 aromatic heterocycles. The zero-order valence-corrected chi connectivity index (χ0v) is 17.7. The van der Waals surface area contributed by atoms with Gasteiger partial charge in [0.1, 0.15) is 0 Å². The summed E-state index contributed by atoms with van der Waals surface area (Å²) in [5.41, 5.74) is 4.62. The standard InChI is InChI=1S/C23H34N4O/c1-5-12-26(4)23(28)25-18-8-9-22-20(15-18)21(16-24-22)17-10-13-27(14-11-17)19(6-2)7-3/h8-10,15-16,19,24H,5-7,11-14H2,1-4H3,(H,25,28). The predicted molar refractivity (Wildman–Crippen MR) is 119 cm³/mol. The molecule has 2 aromatic rings. The van der Waals surface area contributed by atoms with Crippen LogP contribution in [-0.2, 0) is 0 Å². The van der Waals surface area contributed by atoms with Crippen molar-refractivity contribution in [2.24, 2.45) is 0 Å². The van der Waals surface area contributed by atoms with Crippen molar-refractivity contribution in [1.29, 1.82) is 0 Å². The number of amides is 2. The number of aromatic nitrogens is 1. The second kappa shape index (κ2) is 9.28. The second-order valence-corrected chi connectivity index (χ2v) is 7.76. The van der Waals surface area contributed by atoms with E-state index in [1.807, 2.05) is 19.2 Å². The van der Waals surface area contributed by atoms with E-state index >= 15 is 0 Å². The van der Waals surface area contributed by atoms with Crippen LogP contribution in [0.15, 0.2) is 30.5 Å². The molecule has 0 saturated carbocycles. The van der Waals surface area contributed by atoms with E-state index in [1.165, 1.54) is 29.4 Å². The van der Waals surface area contributed by atoms with Crippen LogP contribution in [0.25, 0.3) is 16.5 Å². The molecule has 0 atom stereocenters. The van der Waals surface area contributed by atoms with Crippen molar-refractivity contribution in [2.45, 2.75) is 52.5 Å². The van der Waals surface area contributed by atoms with Gasteiger partial charge in [0.2, 0.25) is 0 Å². The topological polar surface area (TPSA) is 51.4 Å². The third-order valence-corrected chi connectivity index (χ3v) is 5.88. The SMILES string of the molecule is CCCN(C)C(=O)Nc1ccc2[nH]cc(C3=CCN(C(CC)CC)CC3)c2c1. The molecule has 3 rings (SSSR count). The first-order valence-corrected chi connectivity index (χ1v) is 10.6. The number of rotatable bonds is 7. The highest BCUT2D eigenvalue weighted by Gasteiger charge is 2.20. The van der Waals surface area contributed by atoms with Gasteiger partial charge in [-0.15, -0.1) is 0 Å². The first kappa shape index (κ1) is 20.5. The van der Waals surface area contributed by atoms with Gasteiger partial charge in [0, 0.05) is 61.1 Å². The quantitative estimate of drug-likeness (QED) is 0.681. The fourth-order valence-corrected chi connectivity index (χ4v) is 4.19. The fourth-order valence-electron chi connectivity index (χ4n) is 4.19. The molecule has 0 aliphatic carbocycles. The summed E-state index contributed by atoms with van der Waals surface area (Å²) >= 11 is 0. The van der Waals surface area contributed by atoms with Crippen molar-refractivity contribution in [3.05, 3.63) is 36.0 Å². The first-order chi connectivity index (χ1) is 13.6. The monoisotopic (exact) mass is 382 g/mol. The number of nitrogens with zero attached hydrogens (tertiary/aromatic N) is 2. The number of nitrogens with one attached hydrogen (secondary N) is 2. The maximum absolute atomic E-state index is 12.3. The maximum Gasteiger partial charge on any atom is 0.321 e. The highest BCUT2D eigenvalue weighted by Crippen LogP contribution is 2.31. The molecule has 28 heavy (non-hydrogen) atoms. The molecule has 0 fully saturated rings. The molecule has 2 heterocycles. The molecule has 1 aromatic carbocycles. The molecular weight excluding hydrogens is 348 g/mol. The predicted octanol–water partition coefficient (Wildman–Crippen LogP) is 5.32. The van der Waals surface area contributed by atoms with Crippen LogP contribution in [-0.4, -0.2) is 53.5 Å². The Bertz CT molecular complexity index is 834. The minimum absolute atomic E-state index is 0.0593. The lowest BCUT2D eigenvalue weighted by molar-refractivity contribution is 0.205. The Balaban J connectivity index is 1.79. The molecule has 0 bridgehead atoms. The maximum atomic E-state index is 12.3. The van der Waals surface area contributed by atoms with E-state index in [4.69, 9.17) is 0 Å². The largest absolute Gasteiger partial charge is 0.361 e. The minimum atomic E-state index is -0.0593. The Kier molecular flexibility index (Phi) is 6.79. The van der Waals surface area contributed by atoms with Crippen LogP contribution < -0.4 is 5.32 Å². The van der Waals surface area contributed by atoms with Crippen LogP contribution in [0.1, 0.15) is 52.0 Å². The number of urea groups is 1. The van der Waals surface area contributed by atoms with Crippen molar-refractivity contribution >= 4 is 28.2 Å². The van der Waals surface area contributed by atoms with Gasteiger partial charge in [0.05, 0.1) is 0 Å². The van der Waals surface area contributed by atoms with Gasteiger partial charge in [-0.05, 0) is 49.5 Å². The van der Waals surface area contributed by atoms with Crippen molar-refractivity contribution in [3.8, 4) is 0 Å². The van der Waals surface area contributed by atoms with Crippen LogP contribution >= 0.6 is 0 Å². The number of carbonyl (C=O) groups excluding carboxylic acids is 1. The zero-order valence-electron chi connectivity index (χ0n) is 17.7. The summed E-state index contributed by atoms with van der Waals surface area (Å²) in [4.78, 5) is 20.0. The molecule has 0 spiro atoms. The van der Waals surface area contributed by atoms with E-state index in [9.17, 15) is 4.79 Å². The van der Waals surface area contributed by atoms with Gasteiger partial charge in [-0.1, -0.05) is 26.8 Å². The molecule has 2 N–H and O–H groups in total. The van der Waals surface area contributed by atoms with Crippen molar-refractivity contribution in [1.82, 2.24) is 14.8 Å². The molecule has 5 nitrogen and oxygen atoms in total. The Morgan fingerprint density at radius 2 is 2.07 bits per heavy atom. The Morgan fingerprint density at radius 3 is 2.71 bits per heavy atom. The highest BCUT2D eigenvalue weighted by atomic mass is 16.2. The summed E-state index contributed by atoms with van der Waals surface area (Å²) in [6.07, 6.45) is 8.93. The summed E-state index contributed by atoms with van der Waals surface area (Å²) in [6.45, 7) is 9.52. The molecule has 0 radical (unpaired) electrons. The number of hydrogen-bond donors (Lipinski definition) is 2. The van der Waals surface area contributed by atoms with Gasteiger partial charge in [0.25, 0.3) is 0 Å². The first-order valence-electron chi connectivity index (χ1n) is 10.6. The van der Waals surface area contributed by atoms with Gasteiger partial charge >= 0.3 is 6.03 Å². The average Bonchev–Trinajstić information content (AvgIpc) is 3.13.